The fourth-order valence-corrected chi connectivity index (χ4v) is 3.33. The highest BCUT2D eigenvalue weighted by molar-refractivity contribution is 6.02. The Morgan fingerprint density at radius 1 is 1.09 bits per heavy atom. The summed E-state index contributed by atoms with van der Waals surface area (Å²) in [5.41, 5.74) is 0.462. The lowest BCUT2D eigenvalue weighted by atomic mass is 10.1. The van der Waals surface area contributed by atoms with E-state index in [4.69, 9.17) is 9.47 Å². The highest BCUT2D eigenvalue weighted by Crippen LogP contribution is 2.35. The number of nitrogens with zero attached hydrogens (tertiary/aromatic N) is 3. The van der Waals surface area contributed by atoms with Crippen molar-refractivity contribution in [3.05, 3.63) is 77.9 Å². The van der Waals surface area contributed by atoms with Crippen LogP contribution in [0.25, 0.3) is 0 Å². The van der Waals surface area contributed by atoms with Gasteiger partial charge in [0.25, 0.3) is 5.91 Å². The van der Waals surface area contributed by atoms with Crippen LogP contribution in [0.2, 0.25) is 0 Å². The Morgan fingerprint density at radius 3 is 2.52 bits per heavy atom. The van der Waals surface area contributed by atoms with E-state index in [1.54, 1.807) is 24.3 Å². The molecule has 1 amide bonds. The van der Waals surface area contributed by atoms with Crippen molar-refractivity contribution < 1.29 is 27.4 Å². The molecule has 7 nitrogen and oxygen atoms in total. The second-order valence-electron chi connectivity index (χ2n) is 7.38. The summed E-state index contributed by atoms with van der Waals surface area (Å²) in [5, 5.41) is 2.71. The number of amides is 1. The molecule has 0 radical (unpaired) electrons. The lowest BCUT2D eigenvalue weighted by Gasteiger charge is -2.27. The molecular formula is C23H21F3N4O3. The summed E-state index contributed by atoms with van der Waals surface area (Å²) >= 11 is 0. The Labute approximate surface area is 188 Å². The molecule has 172 valence electrons. The predicted octanol–water partition coefficient (Wildman–Crippen LogP) is 4.37. The van der Waals surface area contributed by atoms with Crippen LogP contribution in [0.4, 0.5) is 18.9 Å². The number of aromatic nitrogens is 2. The normalized spacial score (nSPS) is 14.6. The van der Waals surface area contributed by atoms with Gasteiger partial charge in [0, 0.05) is 37.1 Å². The molecule has 2 aromatic carbocycles. The summed E-state index contributed by atoms with van der Waals surface area (Å²) in [4.78, 5) is 21.9. The van der Waals surface area contributed by atoms with Gasteiger partial charge in [0.1, 0.15) is 23.5 Å². The maximum absolute atomic E-state index is 13.3. The fourth-order valence-electron chi connectivity index (χ4n) is 3.33. The second-order valence-corrected chi connectivity index (χ2v) is 7.38. The summed E-state index contributed by atoms with van der Waals surface area (Å²) in [6.07, 6.45) is -1.69. The number of hydrogen-bond acceptors (Lipinski definition) is 6. The number of ether oxygens (including phenoxy) is 2. The van der Waals surface area contributed by atoms with Crippen LogP contribution in [0.3, 0.4) is 0 Å². The van der Waals surface area contributed by atoms with Gasteiger partial charge in [-0.05, 0) is 48.5 Å². The van der Waals surface area contributed by atoms with Gasteiger partial charge in [-0.15, -0.1) is 0 Å². The smallest absolute Gasteiger partial charge is 0.416 e. The van der Waals surface area contributed by atoms with Crippen molar-refractivity contribution in [2.45, 2.75) is 12.7 Å². The molecule has 0 atom stereocenters. The minimum absolute atomic E-state index is 0.225. The molecule has 4 rings (SSSR count). The molecule has 1 aromatic heterocycles. The minimum Gasteiger partial charge on any atom is -0.457 e. The lowest BCUT2D eigenvalue weighted by molar-refractivity contribution is -0.137. The van der Waals surface area contributed by atoms with Gasteiger partial charge in [0.15, 0.2) is 0 Å². The van der Waals surface area contributed by atoms with Gasteiger partial charge in [0.2, 0.25) is 0 Å². The van der Waals surface area contributed by atoms with Crippen LogP contribution in [-0.4, -0.2) is 47.1 Å². The predicted molar refractivity (Wildman–Crippen MR) is 114 cm³/mol. The third kappa shape index (κ3) is 6.05. The highest BCUT2D eigenvalue weighted by Gasteiger charge is 2.31. The number of anilines is 1. The fraction of sp³-hybridized carbons (Fsp3) is 0.261. The molecule has 2 heterocycles. The first-order chi connectivity index (χ1) is 15.9. The minimum atomic E-state index is -4.44. The monoisotopic (exact) mass is 458 g/mol. The standard InChI is InChI=1S/C23H21F3N4O3/c24-23(25,26)17-1-6-21(16(13-17)14-30-9-11-32-12-10-30)33-19-4-2-18(3-5-19)29-22(31)20-7-8-27-15-28-20/h1-8,13,15H,9-12,14H2,(H,29,31). The molecule has 0 spiro atoms. The summed E-state index contributed by atoms with van der Waals surface area (Å²) in [7, 11) is 0. The van der Waals surface area contributed by atoms with Crippen LogP contribution in [0.15, 0.2) is 61.1 Å². The van der Waals surface area contributed by atoms with Crippen LogP contribution in [0, 0.1) is 0 Å². The highest BCUT2D eigenvalue weighted by atomic mass is 19.4. The van der Waals surface area contributed by atoms with Crippen molar-refractivity contribution in [3.8, 4) is 11.5 Å². The number of benzene rings is 2. The summed E-state index contributed by atoms with van der Waals surface area (Å²) < 4.78 is 51.0. The topological polar surface area (TPSA) is 76.6 Å². The van der Waals surface area contributed by atoms with Crippen molar-refractivity contribution in [3.63, 3.8) is 0 Å². The molecule has 0 bridgehead atoms. The summed E-state index contributed by atoms with van der Waals surface area (Å²) in [6.45, 7) is 2.66. The molecule has 1 fully saturated rings. The zero-order valence-corrected chi connectivity index (χ0v) is 17.5. The van der Waals surface area contributed by atoms with Crippen molar-refractivity contribution in [2.24, 2.45) is 0 Å². The number of halogens is 3. The molecule has 0 unspecified atom stereocenters. The quantitative estimate of drug-likeness (QED) is 0.591. The van der Waals surface area contributed by atoms with Gasteiger partial charge in [-0.2, -0.15) is 13.2 Å². The van der Waals surface area contributed by atoms with Crippen molar-refractivity contribution in [2.75, 3.05) is 31.6 Å². The average Bonchev–Trinajstić information content (AvgIpc) is 2.82. The van der Waals surface area contributed by atoms with E-state index in [1.165, 1.54) is 24.7 Å². The summed E-state index contributed by atoms with van der Waals surface area (Å²) in [5.74, 6) is 0.381. The molecule has 3 aromatic rings. The van der Waals surface area contributed by atoms with Gasteiger partial charge < -0.3 is 14.8 Å². The van der Waals surface area contributed by atoms with Gasteiger partial charge in [-0.25, -0.2) is 9.97 Å². The molecule has 1 N–H and O–H groups in total. The average molecular weight is 458 g/mol. The molecule has 10 heteroatoms. The van der Waals surface area contributed by atoms with E-state index in [-0.39, 0.29) is 11.6 Å². The van der Waals surface area contributed by atoms with Crippen molar-refractivity contribution >= 4 is 11.6 Å². The molecule has 0 aliphatic carbocycles. The number of carbonyl (C=O) groups excluding carboxylic acids is 1. The Hall–Kier alpha value is -3.50. The lowest BCUT2D eigenvalue weighted by Crippen LogP contribution is -2.35. The van der Waals surface area contributed by atoms with Crippen molar-refractivity contribution in [1.82, 2.24) is 14.9 Å². The molecular weight excluding hydrogens is 437 g/mol. The van der Waals surface area contributed by atoms with Gasteiger partial charge in [-0.3, -0.25) is 9.69 Å². The van der Waals surface area contributed by atoms with Gasteiger partial charge in [-0.1, -0.05) is 0 Å². The molecule has 1 aliphatic heterocycles. The second kappa shape index (κ2) is 9.97. The van der Waals surface area contributed by atoms with Crippen LogP contribution in [0.5, 0.6) is 11.5 Å². The third-order valence-corrected chi connectivity index (χ3v) is 5.04. The first-order valence-corrected chi connectivity index (χ1v) is 10.2. The number of carbonyl (C=O) groups is 1. The largest absolute Gasteiger partial charge is 0.457 e. The van der Waals surface area contributed by atoms with Crippen molar-refractivity contribution in [1.29, 1.82) is 0 Å². The van der Waals surface area contributed by atoms with Crippen LogP contribution >= 0.6 is 0 Å². The van der Waals surface area contributed by atoms with Gasteiger partial charge >= 0.3 is 6.18 Å². The van der Waals surface area contributed by atoms with E-state index >= 15 is 0 Å². The van der Waals surface area contributed by atoms with E-state index in [9.17, 15) is 18.0 Å². The van der Waals surface area contributed by atoms with Crippen LogP contribution < -0.4 is 10.1 Å². The maximum atomic E-state index is 13.3. The Morgan fingerprint density at radius 2 is 1.85 bits per heavy atom. The molecule has 1 aliphatic rings. The number of alkyl halides is 3. The van der Waals surface area contributed by atoms with E-state index in [2.05, 4.69) is 15.3 Å². The Balaban J connectivity index is 1.49. The number of rotatable bonds is 6. The van der Waals surface area contributed by atoms with E-state index in [0.717, 1.165) is 12.1 Å². The zero-order chi connectivity index (χ0) is 23.3. The first kappa shape index (κ1) is 22.7. The zero-order valence-electron chi connectivity index (χ0n) is 17.5. The van der Waals surface area contributed by atoms with E-state index in [1.807, 2.05) is 4.90 Å². The van der Waals surface area contributed by atoms with Crippen LogP contribution in [0.1, 0.15) is 21.6 Å². The van der Waals surface area contributed by atoms with Gasteiger partial charge in [0.05, 0.1) is 18.8 Å². The van der Waals surface area contributed by atoms with E-state index in [0.29, 0.717) is 55.6 Å². The Kier molecular flexibility index (Phi) is 6.85. The molecule has 1 saturated heterocycles. The maximum Gasteiger partial charge on any atom is 0.416 e. The number of nitrogens with one attached hydrogen (secondary N) is 1. The number of hydrogen-bond donors (Lipinski definition) is 1. The van der Waals surface area contributed by atoms with E-state index < -0.39 is 11.7 Å². The molecule has 33 heavy (non-hydrogen) atoms. The SMILES string of the molecule is O=C(Nc1ccc(Oc2ccc(C(F)(F)F)cc2CN2CCOCC2)cc1)c1ccncn1. The number of morpholine rings is 1. The molecule has 0 saturated carbocycles. The van der Waals surface area contributed by atoms with Crippen LogP contribution in [-0.2, 0) is 17.5 Å². The Bertz CT molecular complexity index is 1090. The first-order valence-electron chi connectivity index (χ1n) is 10.2. The third-order valence-electron chi connectivity index (χ3n) is 5.04. The summed E-state index contributed by atoms with van der Waals surface area (Å²) in [6, 6.07) is 11.5.